The summed E-state index contributed by atoms with van der Waals surface area (Å²) in [5.74, 6) is -0.248. The molecule has 1 aliphatic rings. The van der Waals surface area contributed by atoms with Gasteiger partial charge in [0.2, 0.25) is 11.6 Å². The Morgan fingerprint density at radius 1 is 1.05 bits per heavy atom. The number of Topliss-reactive ketones (excluding diaryl/α,β-unsaturated/α-hetero) is 1. The molecule has 0 saturated carbocycles. The molecule has 0 amide bonds. The van der Waals surface area contributed by atoms with Crippen LogP contribution in [0.2, 0.25) is 0 Å². The number of hydrogen-bond acceptors (Lipinski definition) is 5. The summed E-state index contributed by atoms with van der Waals surface area (Å²) < 4.78 is 4.94. The van der Waals surface area contributed by atoms with Crippen LogP contribution in [-0.2, 0) is 4.74 Å². The molecule has 1 aromatic carbocycles. The van der Waals surface area contributed by atoms with Crippen LogP contribution in [-0.4, -0.2) is 28.6 Å². The van der Waals surface area contributed by atoms with Crippen molar-refractivity contribution in [1.29, 1.82) is 0 Å². The fourth-order valence-corrected chi connectivity index (χ4v) is 2.27. The van der Waals surface area contributed by atoms with Gasteiger partial charge in [-0.05, 0) is 6.92 Å². The van der Waals surface area contributed by atoms with Gasteiger partial charge in [0.05, 0.1) is 18.4 Å². The number of hydrogen-bond donors (Lipinski definition) is 0. The number of fused-ring (bicyclic) bond motifs is 1. The molecule has 1 aliphatic carbocycles. The number of aryl methyl sites for hydroxylation is 1. The third-order valence-electron chi connectivity index (χ3n) is 3.29. The number of methoxy groups -OCH3 is 1. The number of carbonyl (C=O) groups is 2. The standard InChI is InChI=1S/C16H12N2O3/c1-9-13-14(11(19)8-12(21-2)15(13)20)18-16(17-9)10-6-4-3-5-7-10/h3-8H,1-2H3. The Morgan fingerprint density at radius 2 is 1.76 bits per heavy atom. The lowest BCUT2D eigenvalue weighted by Gasteiger charge is -2.16. The highest BCUT2D eigenvalue weighted by Crippen LogP contribution is 2.25. The third-order valence-corrected chi connectivity index (χ3v) is 3.29. The van der Waals surface area contributed by atoms with E-state index in [0.717, 1.165) is 5.56 Å². The highest BCUT2D eigenvalue weighted by Gasteiger charge is 2.30. The molecule has 0 aliphatic heterocycles. The maximum absolute atomic E-state index is 12.2. The monoisotopic (exact) mass is 280 g/mol. The fourth-order valence-electron chi connectivity index (χ4n) is 2.27. The van der Waals surface area contributed by atoms with Crippen molar-refractivity contribution in [2.75, 3.05) is 7.11 Å². The van der Waals surface area contributed by atoms with Crippen LogP contribution in [0.1, 0.15) is 26.5 Å². The molecule has 0 fully saturated rings. The average Bonchev–Trinajstić information content (AvgIpc) is 2.51. The van der Waals surface area contributed by atoms with Crippen molar-refractivity contribution in [3.8, 4) is 11.4 Å². The number of carbonyl (C=O) groups excluding carboxylic acids is 2. The number of rotatable bonds is 2. The number of aromatic nitrogens is 2. The highest BCUT2D eigenvalue weighted by molar-refractivity contribution is 6.23. The highest BCUT2D eigenvalue weighted by atomic mass is 16.5. The number of allylic oxidation sites excluding steroid dienone is 2. The molecule has 0 radical (unpaired) electrons. The summed E-state index contributed by atoms with van der Waals surface area (Å²) >= 11 is 0. The van der Waals surface area contributed by atoms with Gasteiger partial charge in [0.15, 0.2) is 11.6 Å². The zero-order valence-corrected chi connectivity index (χ0v) is 11.6. The number of ether oxygens (including phenoxy) is 1. The van der Waals surface area contributed by atoms with Crippen molar-refractivity contribution in [2.24, 2.45) is 0 Å². The molecule has 0 atom stereocenters. The van der Waals surface area contributed by atoms with Gasteiger partial charge >= 0.3 is 0 Å². The molecule has 0 bridgehead atoms. The Hall–Kier alpha value is -2.82. The van der Waals surface area contributed by atoms with Crippen LogP contribution in [0.4, 0.5) is 0 Å². The van der Waals surface area contributed by atoms with Crippen LogP contribution in [0.3, 0.4) is 0 Å². The molecule has 5 nitrogen and oxygen atoms in total. The van der Waals surface area contributed by atoms with Gasteiger partial charge in [-0.25, -0.2) is 9.97 Å². The average molecular weight is 280 g/mol. The van der Waals surface area contributed by atoms with Crippen LogP contribution in [0.5, 0.6) is 0 Å². The molecule has 3 rings (SSSR count). The first kappa shape index (κ1) is 13.2. The second-order valence-electron chi connectivity index (χ2n) is 4.63. The van der Waals surface area contributed by atoms with E-state index in [1.54, 1.807) is 6.92 Å². The second-order valence-corrected chi connectivity index (χ2v) is 4.63. The summed E-state index contributed by atoms with van der Waals surface area (Å²) in [4.78, 5) is 33.0. The quantitative estimate of drug-likeness (QED) is 0.844. The first-order valence-electron chi connectivity index (χ1n) is 6.40. The van der Waals surface area contributed by atoms with E-state index < -0.39 is 0 Å². The SMILES string of the molecule is COC1=CC(=O)c2nc(-c3ccccc3)nc(C)c2C1=O. The zero-order chi connectivity index (χ0) is 15.0. The first-order chi connectivity index (χ1) is 10.1. The Labute approximate surface area is 121 Å². The van der Waals surface area contributed by atoms with E-state index in [1.807, 2.05) is 30.3 Å². The summed E-state index contributed by atoms with van der Waals surface area (Å²) in [6, 6.07) is 9.32. The topological polar surface area (TPSA) is 69.2 Å². The molecule has 1 heterocycles. The number of nitrogens with zero attached hydrogens (tertiary/aromatic N) is 2. The van der Waals surface area contributed by atoms with Gasteiger partial charge in [0.1, 0.15) is 5.69 Å². The maximum Gasteiger partial charge on any atom is 0.231 e. The second kappa shape index (κ2) is 4.94. The van der Waals surface area contributed by atoms with Crippen molar-refractivity contribution in [3.05, 3.63) is 59.1 Å². The molecule has 2 aromatic rings. The van der Waals surface area contributed by atoms with Crippen LogP contribution in [0, 0.1) is 6.92 Å². The minimum Gasteiger partial charge on any atom is -0.492 e. The van der Waals surface area contributed by atoms with E-state index in [0.29, 0.717) is 11.5 Å². The predicted molar refractivity (Wildman–Crippen MR) is 76.0 cm³/mol. The van der Waals surface area contributed by atoms with Crippen LogP contribution < -0.4 is 0 Å². The molecule has 1 aromatic heterocycles. The minimum absolute atomic E-state index is 0.0201. The lowest BCUT2D eigenvalue weighted by molar-refractivity contribution is 0.0913. The van der Waals surface area contributed by atoms with Crippen molar-refractivity contribution < 1.29 is 14.3 Å². The fraction of sp³-hybridized carbons (Fsp3) is 0.125. The number of benzene rings is 1. The van der Waals surface area contributed by atoms with Gasteiger partial charge < -0.3 is 4.74 Å². The van der Waals surface area contributed by atoms with E-state index in [2.05, 4.69) is 9.97 Å². The Balaban J connectivity index is 2.20. The van der Waals surface area contributed by atoms with E-state index in [-0.39, 0.29) is 28.6 Å². The minimum atomic E-state index is -0.357. The van der Waals surface area contributed by atoms with Crippen molar-refractivity contribution in [3.63, 3.8) is 0 Å². The lowest BCUT2D eigenvalue weighted by Crippen LogP contribution is -2.22. The van der Waals surface area contributed by atoms with Crippen molar-refractivity contribution >= 4 is 11.6 Å². The zero-order valence-electron chi connectivity index (χ0n) is 11.6. The van der Waals surface area contributed by atoms with Gasteiger partial charge in [-0.15, -0.1) is 0 Å². The summed E-state index contributed by atoms with van der Waals surface area (Å²) in [6.07, 6.45) is 1.17. The van der Waals surface area contributed by atoms with E-state index in [9.17, 15) is 9.59 Å². The molecule has 0 saturated heterocycles. The largest absolute Gasteiger partial charge is 0.492 e. The third kappa shape index (κ3) is 2.12. The molecular weight excluding hydrogens is 268 g/mol. The lowest BCUT2D eigenvalue weighted by atomic mass is 9.96. The molecule has 0 N–H and O–H groups in total. The summed E-state index contributed by atoms with van der Waals surface area (Å²) in [7, 11) is 1.36. The smallest absolute Gasteiger partial charge is 0.231 e. The Morgan fingerprint density at radius 3 is 2.43 bits per heavy atom. The van der Waals surface area contributed by atoms with Crippen LogP contribution >= 0.6 is 0 Å². The van der Waals surface area contributed by atoms with Gasteiger partial charge in [0, 0.05) is 11.6 Å². The summed E-state index contributed by atoms with van der Waals surface area (Å²) in [5.41, 5.74) is 1.62. The normalized spacial score (nSPS) is 13.7. The van der Waals surface area contributed by atoms with Crippen molar-refractivity contribution in [1.82, 2.24) is 9.97 Å². The van der Waals surface area contributed by atoms with Crippen LogP contribution in [0.15, 0.2) is 42.2 Å². The van der Waals surface area contributed by atoms with Gasteiger partial charge in [0.25, 0.3) is 0 Å². The number of ketones is 2. The Kier molecular flexibility index (Phi) is 3.10. The molecular formula is C16H12N2O3. The van der Waals surface area contributed by atoms with Gasteiger partial charge in [-0.3, -0.25) is 9.59 Å². The molecule has 21 heavy (non-hydrogen) atoms. The van der Waals surface area contributed by atoms with Crippen LogP contribution in [0.25, 0.3) is 11.4 Å². The molecule has 0 unspecified atom stereocenters. The molecule has 0 spiro atoms. The Bertz CT molecular complexity index is 780. The summed E-state index contributed by atoms with van der Waals surface area (Å²) in [5, 5.41) is 0. The summed E-state index contributed by atoms with van der Waals surface area (Å²) in [6.45, 7) is 1.69. The van der Waals surface area contributed by atoms with Gasteiger partial charge in [-0.2, -0.15) is 0 Å². The molecule has 5 heteroatoms. The first-order valence-corrected chi connectivity index (χ1v) is 6.40. The van der Waals surface area contributed by atoms with E-state index >= 15 is 0 Å². The van der Waals surface area contributed by atoms with Crippen molar-refractivity contribution in [2.45, 2.75) is 6.92 Å². The maximum atomic E-state index is 12.2. The van der Waals surface area contributed by atoms with Gasteiger partial charge in [-0.1, -0.05) is 30.3 Å². The van der Waals surface area contributed by atoms with E-state index in [1.165, 1.54) is 13.2 Å². The van der Waals surface area contributed by atoms with E-state index in [4.69, 9.17) is 4.74 Å². The molecule has 104 valence electrons. The predicted octanol–water partition coefficient (Wildman–Crippen LogP) is 2.36.